The molecule has 0 saturated heterocycles. The molecule has 2 aromatic rings. The first-order chi connectivity index (χ1) is 10.6. The van der Waals surface area contributed by atoms with Crippen molar-refractivity contribution < 1.29 is 14.3 Å². The molecule has 116 valence electrons. The average Bonchev–Trinajstić information content (AvgIpc) is 2.96. The highest BCUT2D eigenvalue weighted by atomic mass is 32.1. The summed E-state index contributed by atoms with van der Waals surface area (Å²) in [6.45, 7) is 2.35. The second-order valence-electron chi connectivity index (χ2n) is 4.21. The van der Waals surface area contributed by atoms with Gasteiger partial charge in [-0.2, -0.15) is 0 Å². The first-order valence-corrected chi connectivity index (χ1v) is 7.46. The molecule has 0 spiro atoms. The van der Waals surface area contributed by atoms with Gasteiger partial charge in [-0.3, -0.25) is 10.1 Å². The van der Waals surface area contributed by atoms with Crippen molar-refractivity contribution in [1.29, 1.82) is 0 Å². The zero-order valence-corrected chi connectivity index (χ0v) is 13.0. The molecule has 1 aromatic carbocycles. The Morgan fingerprint density at radius 2 is 2.14 bits per heavy atom. The van der Waals surface area contributed by atoms with E-state index in [0.717, 1.165) is 0 Å². The minimum absolute atomic E-state index is 0.264. The highest BCUT2D eigenvalue weighted by molar-refractivity contribution is 7.14. The van der Waals surface area contributed by atoms with Crippen molar-refractivity contribution in [2.24, 2.45) is 0 Å². The fourth-order valence-electron chi connectivity index (χ4n) is 1.65. The molecule has 3 N–H and O–H groups in total. The number of urea groups is 1. The van der Waals surface area contributed by atoms with Gasteiger partial charge in [0.1, 0.15) is 11.4 Å². The van der Waals surface area contributed by atoms with Crippen LogP contribution < -0.4 is 20.7 Å². The van der Waals surface area contributed by atoms with Gasteiger partial charge in [0.25, 0.3) is 5.91 Å². The monoisotopic (exact) mass is 320 g/mol. The summed E-state index contributed by atoms with van der Waals surface area (Å²) in [7, 11) is 1.55. The molecule has 0 aliphatic carbocycles. The maximum Gasteiger partial charge on any atom is 0.325 e. The average molecular weight is 320 g/mol. The summed E-state index contributed by atoms with van der Waals surface area (Å²) >= 11 is 1.18. The molecule has 1 heterocycles. The molecule has 0 atom stereocenters. The van der Waals surface area contributed by atoms with Gasteiger partial charge in [-0.15, -0.1) is 11.3 Å². The van der Waals surface area contributed by atoms with E-state index in [1.165, 1.54) is 11.3 Å². The predicted molar refractivity (Wildman–Crippen MR) is 85.8 cm³/mol. The van der Waals surface area contributed by atoms with Crippen LogP contribution in [0.1, 0.15) is 17.4 Å². The first-order valence-electron chi connectivity index (χ1n) is 6.58. The van der Waals surface area contributed by atoms with E-state index in [1.54, 1.807) is 36.8 Å². The van der Waals surface area contributed by atoms with Crippen LogP contribution in [0.2, 0.25) is 0 Å². The zero-order valence-electron chi connectivity index (χ0n) is 12.2. The maximum atomic E-state index is 11.9. The number of anilines is 2. The van der Waals surface area contributed by atoms with Crippen LogP contribution in [0.5, 0.6) is 5.75 Å². The normalized spacial score (nSPS) is 9.91. The van der Waals surface area contributed by atoms with Crippen molar-refractivity contribution in [3.63, 3.8) is 0 Å². The fourth-order valence-corrected chi connectivity index (χ4v) is 2.33. The molecule has 0 unspecified atom stereocenters. The van der Waals surface area contributed by atoms with Crippen molar-refractivity contribution >= 4 is 34.1 Å². The number of thiazole rings is 1. The number of carbonyl (C=O) groups excluding carboxylic acids is 2. The SMILES string of the molecule is CCNC(=O)c1csc(NC(=O)Nc2cccc(OC)c2)n1. The quantitative estimate of drug-likeness (QED) is 0.789. The summed E-state index contributed by atoms with van der Waals surface area (Å²) in [6.07, 6.45) is 0. The van der Waals surface area contributed by atoms with Crippen LogP contribution in [0.15, 0.2) is 29.6 Å². The van der Waals surface area contributed by atoms with Gasteiger partial charge >= 0.3 is 6.03 Å². The Hall–Kier alpha value is -2.61. The molecule has 0 aliphatic heterocycles. The molecule has 0 fully saturated rings. The number of benzene rings is 1. The Bertz CT molecular complexity index is 672. The standard InChI is InChI=1S/C14H16N4O3S/c1-3-15-12(19)11-8-22-14(17-11)18-13(20)16-9-5-4-6-10(7-9)21-2/h4-8H,3H2,1-2H3,(H,15,19)(H2,16,17,18,20). The number of amides is 3. The molecule has 22 heavy (non-hydrogen) atoms. The Labute approximate surface area is 131 Å². The Balaban J connectivity index is 1.95. The van der Waals surface area contributed by atoms with Crippen molar-refractivity contribution in [3.05, 3.63) is 35.3 Å². The van der Waals surface area contributed by atoms with Gasteiger partial charge in [-0.1, -0.05) is 6.07 Å². The molecular weight excluding hydrogens is 304 g/mol. The van der Waals surface area contributed by atoms with Crippen molar-refractivity contribution in [3.8, 4) is 5.75 Å². The fraction of sp³-hybridized carbons (Fsp3) is 0.214. The zero-order chi connectivity index (χ0) is 15.9. The minimum atomic E-state index is -0.440. The van der Waals surface area contributed by atoms with Crippen molar-refractivity contribution in [2.45, 2.75) is 6.92 Å². The molecular formula is C14H16N4O3S. The summed E-state index contributed by atoms with van der Waals surface area (Å²) in [5, 5.41) is 9.83. The second-order valence-corrected chi connectivity index (χ2v) is 5.07. The first kappa shape index (κ1) is 15.8. The summed E-state index contributed by atoms with van der Waals surface area (Å²) in [5.41, 5.74) is 0.876. The molecule has 2 rings (SSSR count). The van der Waals surface area contributed by atoms with Gasteiger partial charge in [0.2, 0.25) is 0 Å². The Morgan fingerprint density at radius 3 is 2.86 bits per heavy atom. The van der Waals surface area contributed by atoms with Gasteiger partial charge < -0.3 is 15.4 Å². The number of carbonyl (C=O) groups is 2. The number of nitrogens with one attached hydrogen (secondary N) is 3. The highest BCUT2D eigenvalue weighted by Gasteiger charge is 2.11. The number of aromatic nitrogens is 1. The van der Waals surface area contributed by atoms with Crippen LogP contribution in [-0.2, 0) is 0 Å². The lowest BCUT2D eigenvalue weighted by Gasteiger charge is -2.06. The largest absolute Gasteiger partial charge is 0.497 e. The van der Waals surface area contributed by atoms with E-state index < -0.39 is 6.03 Å². The lowest BCUT2D eigenvalue weighted by molar-refractivity contribution is 0.0951. The summed E-state index contributed by atoms with van der Waals surface area (Å²) in [6, 6.07) is 6.55. The van der Waals surface area contributed by atoms with E-state index in [0.29, 0.717) is 23.1 Å². The molecule has 1 aromatic heterocycles. The molecule has 3 amide bonds. The van der Waals surface area contributed by atoms with Gasteiger partial charge in [0, 0.05) is 23.7 Å². The van der Waals surface area contributed by atoms with Gasteiger partial charge in [-0.05, 0) is 19.1 Å². The van der Waals surface area contributed by atoms with Gasteiger partial charge in [0.05, 0.1) is 7.11 Å². The van der Waals surface area contributed by atoms with Gasteiger partial charge in [-0.25, -0.2) is 9.78 Å². The van der Waals surface area contributed by atoms with Crippen LogP contribution in [0, 0.1) is 0 Å². The molecule has 0 aliphatic rings. The third kappa shape index (κ3) is 4.19. The number of hydrogen-bond acceptors (Lipinski definition) is 5. The van der Waals surface area contributed by atoms with Crippen molar-refractivity contribution in [2.75, 3.05) is 24.3 Å². The third-order valence-electron chi connectivity index (χ3n) is 2.62. The molecule has 7 nitrogen and oxygen atoms in total. The number of methoxy groups -OCH3 is 1. The third-order valence-corrected chi connectivity index (χ3v) is 3.38. The van der Waals surface area contributed by atoms with E-state index in [4.69, 9.17) is 4.74 Å². The van der Waals surface area contributed by atoms with Crippen LogP contribution >= 0.6 is 11.3 Å². The van der Waals surface area contributed by atoms with E-state index in [2.05, 4.69) is 20.9 Å². The molecule has 0 radical (unpaired) electrons. The molecule has 8 heteroatoms. The second kappa shape index (κ2) is 7.41. The van der Waals surface area contributed by atoms with Gasteiger partial charge in [0.15, 0.2) is 5.13 Å². The molecule has 0 bridgehead atoms. The molecule has 0 saturated carbocycles. The van der Waals surface area contributed by atoms with Crippen LogP contribution in [0.4, 0.5) is 15.6 Å². The summed E-state index contributed by atoms with van der Waals surface area (Å²) in [4.78, 5) is 27.5. The smallest absolute Gasteiger partial charge is 0.325 e. The summed E-state index contributed by atoms with van der Waals surface area (Å²) < 4.78 is 5.08. The lowest BCUT2D eigenvalue weighted by Crippen LogP contribution is -2.23. The van der Waals surface area contributed by atoms with Crippen molar-refractivity contribution in [1.82, 2.24) is 10.3 Å². The van der Waals surface area contributed by atoms with Crippen LogP contribution in [0.3, 0.4) is 0 Å². The van der Waals surface area contributed by atoms with E-state index in [-0.39, 0.29) is 11.6 Å². The minimum Gasteiger partial charge on any atom is -0.497 e. The predicted octanol–water partition coefficient (Wildman–Crippen LogP) is 2.55. The lowest BCUT2D eigenvalue weighted by atomic mass is 10.3. The van der Waals surface area contributed by atoms with E-state index >= 15 is 0 Å². The maximum absolute atomic E-state index is 11.9. The van der Waals surface area contributed by atoms with Crippen LogP contribution in [0.25, 0.3) is 0 Å². The van der Waals surface area contributed by atoms with Crippen LogP contribution in [-0.4, -0.2) is 30.6 Å². The number of ether oxygens (including phenoxy) is 1. The number of hydrogen-bond donors (Lipinski definition) is 3. The number of rotatable bonds is 5. The number of nitrogens with zero attached hydrogens (tertiary/aromatic N) is 1. The topological polar surface area (TPSA) is 92.4 Å². The summed E-state index contributed by atoms with van der Waals surface area (Å²) in [5.74, 6) is 0.380. The highest BCUT2D eigenvalue weighted by Crippen LogP contribution is 2.18. The van der Waals surface area contributed by atoms with E-state index in [9.17, 15) is 9.59 Å². The van der Waals surface area contributed by atoms with E-state index in [1.807, 2.05) is 6.92 Å². The Kier molecular flexibility index (Phi) is 5.31. The Morgan fingerprint density at radius 1 is 1.32 bits per heavy atom.